The number of nitrogens with two attached hydrogens (primary N) is 1. The molecule has 0 aromatic carbocycles. The zero-order chi connectivity index (χ0) is 11.0. The quantitative estimate of drug-likeness (QED) is 0.707. The molecule has 2 rings (SSSR count). The third-order valence-electron chi connectivity index (χ3n) is 2.18. The van der Waals surface area contributed by atoms with E-state index < -0.39 is 5.69 Å². The summed E-state index contributed by atoms with van der Waals surface area (Å²) in [5.41, 5.74) is 6.34. The second-order valence-electron chi connectivity index (χ2n) is 3.14. The van der Waals surface area contributed by atoms with Crippen molar-refractivity contribution in [2.45, 2.75) is 6.73 Å². The number of hydrogen-bond acceptors (Lipinski definition) is 5. The molecule has 0 aliphatic carbocycles. The van der Waals surface area contributed by atoms with Crippen molar-refractivity contribution in [3.05, 3.63) is 16.8 Å². The van der Waals surface area contributed by atoms with Crippen LogP contribution in [-0.4, -0.2) is 26.2 Å². The Morgan fingerprint density at radius 1 is 1.60 bits per heavy atom. The first kappa shape index (κ1) is 9.66. The van der Waals surface area contributed by atoms with Gasteiger partial charge < -0.3 is 15.0 Å². The fourth-order valence-corrected chi connectivity index (χ4v) is 1.38. The van der Waals surface area contributed by atoms with Gasteiger partial charge in [-0.3, -0.25) is 4.57 Å². The molecule has 0 saturated heterocycles. The van der Waals surface area contributed by atoms with Gasteiger partial charge in [0, 0.05) is 14.2 Å². The number of hydrogen-bond donors (Lipinski definition) is 1. The lowest BCUT2D eigenvalue weighted by molar-refractivity contribution is 0.134. The molecule has 0 unspecified atom stereocenters. The molecule has 0 bridgehead atoms. The Bertz CT molecular complexity index is 556. The molecule has 0 spiro atoms. The zero-order valence-electron chi connectivity index (χ0n) is 8.47. The summed E-state index contributed by atoms with van der Waals surface area (Å²) >= 11 is 0. The summed E-state index contributed by atoms with van der Waals surface area (Å²) in [5.74, 6) is 0.333. The molecule has 80 valence electrons. The van der Waals surface area contributed by atoms with Crippen molar-refractivity contribution in [1.82, 2.24) is 19.1 Å². The van der Waals surface area contributed by atoms with Gasteiger partial charge >= 0.3 is 5.69 Å². The van der Waals surface area contributed by atoms with Crippen molar-refractivity contribution >= 4 is 17.0 Å². The van der Waals surface area contributed by atoms with Crippen LogP contribution in [-0.2, 0) is 18.5 Å². The van der Waals surface area contributed by atoms with E-state index in [9.17, 15) is 4.79 Å². The highest BCUT2D eigenvalue weighted by atomic mass is 16.5. The average molecular weight is 209 g/mol. The van der Waals surface area contributed by atoms with Crippen LogP contribution < -0.4 is 11.4 Å². The van der Waals surface area contributed by atoms with Crippen LogP contribution in [0.2, 0.25) is 0 Å². The highest BCUT2D eigenvalue weighted by molar-refractivity contribution is 5.81. The smallest absolute Gasteiger partial charge is 0.351 e. The summed E-state index contributed by atoms with van der Waals surface area (Å²) in [6, 6.07) is 0. The number of aromatic nitrogens is 4. The van der Waals surface area contributed by atoms with Gasteiger partial charge in [-0.15, -0.1) is 0 Å². The Labute approximate surface area is 85.1 Å². The second kappa shape index (κ2) is 3.35. The zero-order valence-corrected chi connectivity index (χ0v) is 8.47. The summed E-state index contributed by atoms with van der Waals surface area (Å²) in [5, 5.41) is 0. The van der Waals surface area contributed by atoms with E-state index in [4.69, 9.17) is 10.5 Å². The van der Waals surface area contributed by atoms with Crippen molar-refractivity contribution in [3.63, 3.8) is 0 Å². The van der Waals surface area contributed by atoms with Crippen molar-refractivity contribution in [3.8, 4) is 0 Å². The number of anilines is 1. The first-order valence-electron chi connectivity index (χ1n) is 4.31. The molecule has 0 atom stereocenters. The van der Waals surface area contributed by atoms with E-state index in [0.717, 1.165) is 0 Å². The Balaban J connectivity index is 2.79. The molecule has 2 aromatic heterocycles. The Kier molecular flexibility index (Phi) is 2.16. The average Bonchev–Trinajstić information content (AvgIpc) is 2.59. The Morgan fingerprint density at radius 3 is 3.00 bits per heavy atom. The summed E-state index contributed by atoms with van der Waals surface area (Å²) in [6.07, 6.45) is 1.54. The number of methoxy groups -OCH3 is 1. The third-order valence-corrected chi connectivity index (χ3v) is 2.18. The molecule has 7 nitrogen and oxygen atoms in total. The molecule has 0 fully saturated rings. The van der Waals surface area contributed by atoms with Crippen molar-refractivity contribution in [2.75, 3.05) is 12.8 Å². The minimum absolute atomic E-state index is 0.320. The highest BCUT2D eigenvalue weighted by Crippen LogP contribution is 2.15. The van der Waals surface area contributed by atoms with E-state index in [1.807, 2.05) is 0 Å². The summed E-state index contributed by atoms with van der Waals surface area (Å²) in [7, 11) is 3.13. The van der Waals surface area contributed by atoms with Crippen LogP contribution in [0.4, 0.5) is 5.82 Å². The summed E-state index contributed by atoms with van der Waals surface area (Å²) in [4.78, 5) is 19.1. The summed E-state index contributed by atoms with van der Waals surface area (Å²) in [6.45, 7) is 0.320. The molecule has 2 N–H and O–H groups in total. The van der Waals surface area contributed by atoms with Gasteiger partial charge in [-0.05, 0) is 0 Å². The molecule has 15 heavy (non-hydrogen) atoms. The van der Waals surface area contributed by atoms with E-state index in [0.29, 0.717) is 23.7 Å². The third kappa shape index (κ3) is 1.37. The fraction of sp³-hybridized carbons (Fsp3) is 0.375. The van der Waals surface area contributed by atoms with Gasteiger partial charge in [0.25, 0.3) is 0 Å². The lowest BCUT2D eigenvalue weighted by Crippen LogP contribution is -2.23. The SMILES string of the molecule is COCn1cnc2nc(=O)n(C)c(N)c21. The molecular formula is C8H11N5O2. The van der Waals surface area contributed by atoms with E-state index in [-0.39, 0.29) is 0 Å². The molecule has 2 aromatic rings. The highest BCUT2D eigenvalue weighted by Gasteiger charge is 2.11. The van der Waals surface area contributed by atoms with Crippen LogP contribution in [0.15, 0.2) is 11.1 Å². The minimum Gasteiger partial charge on any atom is -0.383 e. The molecule has 0 aliphatic rings. The molecule has 2 heterocycles. The number of nitrogens with zero attached hydrogens (tertiary/aromatic N) is 4. The molecule has 0 amide bonds. The molecule has 0 aliphatic heterocycles. The topological polar surface area (TPSA) is 88.0 Å². The van der Waals surface area contributed by atoms with E-state index in [2.05, 4.69) is 9.97 Å². The first-order chi connectivity index (χ1) is 7.15. The van der Waals surface area contributed by atoms with Crippen LogP contribution in [0.25, 0.3) is 11.2 Å². The number of imidazole rings is 1. The predicted octanol–water partition coefficient (Wildman–Crippen LogP) is -0.684. The monoisotopic (exact) mass is 209 g/mol. The Morgan fingerprint density at radius 2 is 2.33 bits per heavy atom. The van der Waals surface area contributed by atoms with Gasteiger partial charge in [0.1, 0.15) is 18.1 Å². The second-order valence-corrected chi connectivity index (χ2v) is 3.14. The first-order valence-corrected chi connectivity index (χ1v) is 4.31. The molecule has 0 radical (unpaired) electrons. The van der Waals surface area contributed by atoms with E-state index in [1.54, 1.807) is 18.7 Å². The number of nitrogen functional groups attached to an aromatic ring is 1. The molecular weight excluding hydrogens is 198 g/mol. The maximum absolute atomic E-state index is 11.3. The van der Waals surface area contributed by atoms with Crippen LogP contribution in [0.3, 0.4) is 0 Å². The lowest BCUT2D eigenvalue weighted by Gasteiger charge is -2.06. The van der Waals surface area contributed by atoms with Gasteiger partial charge in [0.2, 0.25) is 0 Å². The van der Waals surface area contributed by atoms with Gasteiger partial charge in [0.05, 0.1) is 6.33 Å². The Hall–Kier alpha value is -1.89. The molecule has 7 heteroatoms. The number of rotatable bonds is 2. The normalized spacial score (nSPS) is 11.1. The largest absolute Gasteiger partial charge is 0.383 e. The van der Waals surface area contributed by atoms with Crippen molar-refractivity contribution in [1.29, 1.82) is 0 Å². The fourth-order valence-electron chi connectivity index (χ4n) is 1.38. The van der Waals surface area contributed by atoms with Gasteiger partial charge in [0.15, 0.2) is 5.65 Å². The van der Waals surface area contributed by atoms with Crippen molar-refractivity contribution in [2.24, 2.45) is 7.05 Å². The summed E-state index contributed by atoms with van der Waals surface area (Å²) < 4.78 is 7.94. The van der Waals surface area contributed by atoms with E-state index >= 15 is 0 Å². The van der Waals surface area contributed by atoms with Gasteiger partial charge in [-0.1, -0.05) is 0 Å². The van der Waals surface area contributed by atoms with Crippen LogP contribution in [0, 0.1) is 0 Å². The van der Waals surface area contributed by atoms with Gasteiger partial charge in [-0.25, -0.2) is 9.78 Å². The standard InChI is InChI=1S/C8H11N5O2/c1-12-6(9)5-7(11-8(12)14)10-3-13(5)4-15-2/h3H,4,9H2,1-2H3. The maximum atomic E-state index is 11.3. The predicted molar refractivity (Wildman–Crippen MR) is 54.2 cm³/mol. The minimum atomic E-state index is -0.414. The lowest BCUT2D eigenvalue weighted by atomic mass is 10.5. The van der Waals surface area contributed by atoms with Crippen LogP contribution in [0.5, 0.6) is 0 Å². The van der Waals surface area contributed by atoms with Gasteiger partial charge in [-0.2, -0.15) is 4.98 Å². The number of ether oxygens (including phenoxy) is 1. The molecule has 0 saturated carbocycles. The van der Waals surface area contributed by atoms with Crippen molar-refractivity contribution < 1.29 is 4.74 Å². The van der Waals surface area contributed by atoms with Crippen LogP contribution in [0.1, 0.15) is 0 Å². The maximum Gasteiger partial charge on any atom is 0.351 e. The van der Waals surface area contributed by atoms with Crippen LogP contribution >= 0.6 is 0 Å². The number of fused-ring (bicyclic) bond motifs is 1. The van der Waals surface area contributed by atoms with E-state index in [1.165, 1.54) is 10.9 Å².